The van der Waals surface area contributed by atoms with E-state index in [0.717, 1.165) is 17.8 Å². The number of aromatic nitrogens is 7. The highest BCUT2D eigenvalue weighted by Crippen LogP contribution is 2.28. The summed E-state index contributed by atoms with van der Waals surface area (Å²) in [5, 5.41) is 21.1. The minimum absolute atomic E-state index is 0.0489. The van der Waals surface area contributed by atoms with Crippen LogP contribution >= 0.6 is 0 Å². The van der Waals surface area contributed by atoms with Gasteiger partial charge in [0.25, 0.3) is 11.8 Å². The number of alkyl halides is 3. The molecule has 11 nitrogen and oxygen atoms in total. The Kier molecular flexibility index (Phi) is 9.42. The number of nitrogens with zero attached hydrogens (tertiary/aromatic N) is 7. The number of nitrogens with one attached hydrogen (secondary N) is 2. The summed E-state index contributed by atoms with van der Waals surface area (Å²) in [5.74, 6) is -0.459. The standard InChI is InChI=1S/C27H30F3N9O2/c1-18(2)21-7-5-6-19(10-21)13-32-25(40)23-16-38(36-34-23)8-3-4-9-39-17-24(35-37-39)26(41)33-14-20-11-22(15-31-12-20)27(28,29)30/h5-7,10-12,15-18H,3-4,8-9,13-14H2,1-2H3,(H,32,40)(H,33,41). The average Bonchev–Trinajstić information content (AvgIpc) is 3.63. The van der Waals surface area contributed by atoms with Crippen LogP contribution in [0, 0.1) is 0 Å². The summed E-state index contributed by atoms with van der Waals surface area (Å²) in [5.41, 5.74) is 1.83. The molecule has 2 N–H and O–H groups in total. The minimum atomic E-state index is -4.51. The van der Waals surface area contributed by atoms with Gasteiger partial charge in [-0.1, -0.05) is 48.5 Å². The van der Waals surface area contributed by atoms with Gasteiger partial charge in [0.1, 0.15) is 0 Å². The Balaban J connectivity index is 1.17. The Morgan fingerprint density at radius 1 is 0.854 bits per heavy atom. The minimum Gasteiger partial charge on any atom is -0.347 e. The molecule has 14 heteroatoms. The zero-order valence-electron chi connectivity index (χ0n) is 22.6. The van der Waals surface area contributed by atoms with E-state index in [-0.39, 0.29) is 29.4 Å². The van der Waals surface area contributed by atoms with Crippen molar-refractivity contribution in [3.05, 3.63) is 88.8 Å². The Morgan fingerprint density at radius 2 is 1.44 bits per heavy atom. The number of carbonyl (C=O) groups is 2. The summed E-state index contributed by atoms with van der Waals surface area (Å²) in [6.45, 7) is 5.51. The fourth-order valence-corrected chi connectivity index (χ4v) is 3.92. The number of aryl methyl sites for hydroxylation is 2. The number of rotatable bonds is 12. The second-order valence-corrected chi connectivity index (χ2v) is 9.79. The first kappa shape index (κ1) is 29.4. The van der Waals surface area contributed by atoms with Gasteiger partial charge in [-0.2, -0.15) is 13.2 Å². The van der Waals surface area contributed by atoms with Crippen molar-refractivity contribution in [3.63, 3.8) is 0 Å². The summed E-state index contributed by atoms with van der Waals surface area (Å²) >= 11 is 0. The molecule has 0 atom stereocenters. The molecule has 3 aromatic heterocycles. The molecular formula is C27H30F3N9O2. The smallest absolute Gasteiger partial charge is 0.347 e. The highest BCUT2D eigenvalue weighted by atomic mass is 19.4. The Labute approximate surface area is 234 Å². The van der Waals surface area contributed by atoms with Gasteiger partial charge in [-0.05, 0) is 41.5 Å². The molecule has 0 saturated carbocycles. The molecule has 0 unspecified atom stereocenters. The molecule has 1 aromatic carbocycles. The van der Waals surface area contributed by atoms with Crippen molar-refractivity contribution in [1.29, 1.82) is 0 Å². The quantitative estimate of drug-likeness (QED) is 0.248. The van der Waals surface area contributed by atoms with Crippen LogP contribution in [-0.4, -0.2) is 46.8 Å². The highest BCUT2D eigenvalue weighted by molar-refractivity contribution is 5.92. The maximum Gasteiger partial charge on any atom is 0.417 e. The van der Waals surface area contributed by atoms with E-state index in [9.17, 15) is 22.8 Å². The van der Waals surface area contributed by atoms with Crippen LogP contribution < -0.4 is 10.6 Å². The summed E-state index contributed by atoms with van der Waals surface area (Å²) in [4.78, 5) is 28.4. The van der Waals surface area contributed by atoms with Gasteiger partial charge in [0.15, 0.2) is 11.4 Å². The average molecular weight is 570 g/mol. The zero-order chi connectivity index (χ0) is 29.4. The summed E-state index contributed by atoms with van der Waals surface area (Å²) in [7, 11) is 0. The summed E-state index contributed by atoms with van der Waals surface area (Å²) < 4.78 is 41.6. The first-order chi connectivity index (χ1) is 19.6. The number of hydrogen-bond acceptors (Lipinski definition) is 7. The van der Waals surface area contributed by atoms with Crippen molar-refractivity contribution in [3.8, 4) is 0 Å². The lowest BCUT2D eigenvalue weighted by Gasteiger charge is -2.08. The molecule has 0 aliphatic rings. The van der Waals surface area contributed by atoms with E-state index in [1.165, 1.54) is 22.6 Å². The number of amides is 2. The Bertz CT molecular complexity index is 1480. The predicted octanol–water partition coefficient (Wildman–Crippen LogP) is 3.75. The zero-order valence-corrected chi connectivity index (χ0v) is 22.6. The molecule has 41 heavy (non-hydrogen) atoms. The molecule has 0 aliphatic heterocycles. The number of benzene rings is 1. The van der Waals surface area contributed by atoms with Crippen molar-refractivity contribution < 1.29 is 22.8 Å². The van der Waals surface area contributed by atoms with Crippen molar-refractivity contribution in [2.24, 2.45) is 0 Å². The lowest BCUT2D eigenvalue weighted by molar-refractivity contribution is -0.137. The van der Waals surface area contributed by atoms with Crippen molar-refractivity contribution >= 4 is 11.8 Å². The molecule has 0 bridgehead atoms. The fourth-order valence-electron chi connectivity index (χ4n) is 3.92. The molecular weight excluding hydrogens is 539 g/mol. The van der Waals surface area contributed by atoms with E-state index in [4.69, 9.17) is 0 Å². The lowest BCUT2D eigenvalue weighted by atomic mass is 10.0. The van der Waals surface area contributed by atoms with E-state index < -0.39 is 17.6 Å². The van der Waals surface area contributed by atoms with E-state index in [0.29, 0.717) is 38.4 Å². The lowest BCUT2D eigenvalue weighted by Crippen LogP contribution is -2.23. The molecule has 0 aliphatic carbocycles. The maximum absolute atomic E-state index is 12.8. The van der Waals surface area contributed by atoms with Crippen LogP contribution in [0.5, 0.6) is 0 Å². The Hall–Kier alpha value is -4.62. The third-order valence-corrected chi connectivity index (χ3v) is 6.21. The second kappa shape index (κ2) is 13.2. The fraction of sp³-hybridized carbons (Fsp3) is 0.370. The number of carbonyl (C=O) groups excluding carboxylic acids is 2. The van der Waals surface area contributed by atoms with Crippen molar-refractivity contribution in [2.75, 3.05) is 0 Å². The van der Waals surface area contributed by atoms with Crippen LogP contribution in [0.15, 0.2) is 55.1 Å². The molecule has 0 saturated heterocycles. The molecule has 3 heterocycles. The number of halogens is 3. The highest BCUT2D eigenvalue weighted by Gasteiger charge is 2.31. The topological polar surface area (TPSA) is 133 Å². The third kappa shape index (κ3) is 8.43. The van der Waals surface area contributed by atoms with Gasteiger partial charge in [0.05, 0.1) is 18.0 Å². The molecule has 0 radical (unpaired) electrons. The van der Waals surface area contributed by atoms with E-state index in [2.05, 4.69) is 62.2 Å². The monoisotopic (exact) mass is 569 g/mol. The molecule has 4 rings (SSSR count). The van der Waals surface area contributed by atoms with Crippen LogP contribution in [0.1, 0.15) is 75.8 Å². The number of pyridine rings is 1. The van der Waals surface area contributed by atoms with E-state index >= 15 is 0 Å². The molecule has 216 valence electrons. The van der Waals surface area contributed by atoms with Gasteiger partial charge >= 0.3 is 6.18 Å². The van der Waals surface area contributed by atoms with Crippen LogP contribution in [-0.2, 0) is 32.4 Å². The van der Waals surface area contributed by atoms with Crippen LogP contribution in [0.2, 0.25) is 0 Å². The van der Waals surface area contributed by atoms with Crippen LogP contribution in [0.25, 0.3) is 0 Å². The third-order valence-electron chi connectivity index (χ3n) is 6.21. The van der Waals surface area contributed by atoms with Crippen molar-refractivity contribution in [1.82, 2.24) is 45.6 Å². The first-order valence-electron chi connectivity index (χ1n) is 13.0. The van der Waals surface area contributed by atoms with Gasteiger partial charge in [-0.15, -0.1) is 10.2 Å². The normalized spacial score (nSPS) is 11.6. The molecule has 0 spiro atoms. The molecule has 0 fully saturated rings. The van der Waals surface area contributed by atoms with Crippen LogP contribution in [0.4, 0.5) is 13.2 Å². The van der Waals surface area contributed by atoms with Gasteiger partial charge < -0.3 is 10.6 Å². The number of unbranched alkanes of at least 4 members (excludes halogenated alkanes) is 1. The van der Waals surface area contributed by atoms with Crippen molar-refractivity contribution in [2.45, 2.75) is 65.0 Å². The predicted molar refractivity (Wildman–Crippen MR) is 141 cm³/mol. The largest absolute Gasteiger partial charge is 0.417 e. The van der Waals surface area contributed by atoms with Gasteiger partial charge in [0, 0.05) is 38.6 Å². The SMILES string of the molecule is CC(C)c1cccc(CNC(=O)c2cn(CCCCn3cc(C(=O)NCc4cncc(C(F)(F)F)c4)nn3)nn2)c1. The Morgan fingerprint density at radius 3 is 2.00 bits per heavy atom. The second-order valence-electron chi connectivity index (χ2n) is 9.79. The summed E-state index contributed by atoms with van der Waals surface area (Å²) in [6, 6.07) is 9.01. The van der Waals surface area contributed by atoms with E-state index in [1.807, 2.05) is 12.1 Å². The van der Waals surface area contributed by atoms with Crippen LogP contribution in [0.3, 0.4) is 0 Å². The first-order valence-corrected chi connectivity index (χ1v) is 13.0. The maximum atomic E-state index is 12.8. The number of hydrogen-bond donors (Lipinski definition) is 2. The summed E-state index contributed by atoms with van der Waals surface area (Å²) in [6.07, 6.45) is 1.92. The van der Waals surface area contributed by atoms with Gasteiger partial charge in [-0.25, -0.2) is 0 Å². The van der Waals surface area contributed by atoms with Gasteiger partial charge in [-0.3, -0.25) is 23.9 Å². The van der Waals surface area contributed by atoms with E-state index in [1.54, 1.807) is 10.9 Å². The molecule has 2 amide bonds. The molecule has 4 aromatic rings. The van der Waals surface area contributed by atoms with Gasteiger partial charge in [0.2, 0.25) is 0 Å².